The quantitative estimate of drug-likeness (QED) is 0.264. The molecule has 35 heavy (non-hydrogen) atoms. The maximum absolute atomic E-state index is 12.5. The normalized spacial score (nSPS) is 19.9. The van der Waals surface area contributed by atoms with E-state index in [1.54, 1.807) is 0 Å². The van der Waals surface area contributed by atoms with Gasteiger partial charge in [-0.2, -0.15) is 13.2 Å². The molecule has 12 nitrogen and oxygen atoms in total. The zero-order chi connectivity index (χ0) is 26.7. The number of ether oxygens (including phenoxy) is 1. The molecule has 0 aromatic heterocycles. The fraction of sp³-hybridized carbons (Fsp3) is 0.316. The molecule has 2 aliphatic rings. The van der Waals surface area contributed by atoms with Crippen LogP contribution in [0.4, 0.5) is 13.2 Å². The lowest BCUT2D eigenvalue weighted by molar-refractivity contribution is -0.192. The van der Waals surface area contributed by atoms with Crippen LogP contribution in [-0.4, -0.2) is 73.3 Å². The van der Waals surface area contributed by atoms with Gasteiger partial charge in [0.15, 0.2) is 5.70 Å². The van der Waals surface area contributed by atoms with Gasteiger partial charge < -0.3 is 31.1 Å². The second-order valence-electron chi connectivity index (χ2n) is 6.94. The van der Waals surface area contributed by atoms with Crippen LogP contribution in [0.5, 0.6) is 5.75 Å². The number of rotatable bonds is 5. The molecule has 190 valence electrons. The Morgan fingerprint density at radius 3 is 2.20 bits per heavy atom. The van der Waals surface area contributed by atoms with Gasteiger partial charge in [-0.05, 0) is 17.7 Å². The molecular weight excluding hydrogens is 503 g/mol. The van der Waals surface area contributed by atoms with Gasteiger partial charge in [-0.15, -0.1) is 11.8 Å². The lowest BCUT2D eigenvalue weighted by Crippen LogP contribution is -2.71. The number of phenolic OH excluding ortho intramolecular Hbond substituents is 1. The molecule has 0 spiro atoms. The number of aromatic hydroxyl groups is 1. The predicted octanol–water partition coefficient (Wildman–Crippen LogP) is 0.285. The first kappa shape index (κ1) is 27.5. The number of fused-ring (bicyclic) bond motifs is 1. The number of hydrogen-bond acceptors (Lipinski definition) is 9. The summed E-state index contributed by atoms with van der Waals surface area (Å²) in [7, 11) is 0. The molecule has 1 aromatic rings. The molecule has 1 fully saturated rings. The number of esters is 1. The predicted molar refractivity (Wildman–Crippen MR) is 110 cm³/mol. The van der Waals surface area contributed by atoms with Crippen molar-refractivity contribution in [3.8, 4) is 5.75 Å². The van der Waals surface area contributed by atoms with Crippen LogP contribution >= 0.6 is 11.8 Å². The molecule has 0 saturated carbocycles. The number of phenols is 1. The van der Waals surface area contributed by atoms with Gasteiger partial charge in [0.1, 0.15) is 29.0 Å². The SMILES string of the molecule is CC(=O)OC1=C(C(=O)O)N2C(=O)C(NC(=O)C(N)c3ccc(O)cc3)[C@H]2SC1.O=C(O)C(F)(F)F. The first-order valence-corrected chi connectivity index (χ1v) is 10.4. The number of hydrogen-bond donors (Lipinski definition) is 5. The maximum atomic E-state index is 12.5. The van der Waals surface area contributed by atoms with Crippen molar-refractivity contribution in [1.29, 1.82) is 0 Å². The highest BCUT2D eigenvalue weighted by molar-refractivity contribution is 8.00. The molecule has 2 amide bonds. The minimum atomic E-state index is -5.08. The highest BCUT2D eigenvalue weighted by Crippen LogP contribution is 2.40. The summed E-state index contributed by atoms with van der Waals surface area (Å²) in [5.74, 6) is -6.12. The summed E-state index contributed by atoms with van der Waals surface area (Å²) < 4.78 is 36.6. The van der Waals surface area contributed by atoms with Crippen LogP contribution in [0.2, 0.25) is 0 Å². The number of carboxylic acids is 2. The van der Waals surface area contributed by atoms with E-state index in [9.17, 15) is 42.6 Å². The molecule has 0 aliphatic carbocycles. The van der Waals surface area contributed by atoms with Crippen molar-refractivity contribution >= 4 is 41.5 Å². The molecule has 0 bridgehead atoms. The number of β-lactam (4-membered cyclic amide) rings is 1. The first-order valence-electron chi connectivity index (χ1n) is 9.39. The summed E-state index contributed by atoms with van der Waals surface area (Å²) in [4.78, 5) is 57.5. The Balaban J connectivity index is 0.000000540. The number of carbonyl (C=O) groups excluding carboxylic acids is 3. The summed E-state index contributed by atoms with van der Waals surface area (Å²) >= 11 is 1.17. The van der Waals surface area contributed by atoms with E-state index in [0.29, 0.717) is 5.56 Å². The van der Waals surface area contributed by atoms with Crippen LogP contribution in [0, 0.1) is 0 Å². The van der Waals surface area contributed by atoms with Crippen molar-refractivity contribution in [1.82, 2.24) is 10.2 Å². The Kier molecular flexibility index (Phi) is 8.35. The van der Waals surface area contributed by atoms with Crippen LogP contribution in [-0.2, 0) is 28.7 Å². The first-order chi connectivity index (χ1) is 16.1. The van der Waals surface area contributed by atoms with Gasteiger partial charge in [0.05, 0.1) is 5.75 Å². The molecule has 3 atom stereocenters. The van der Waals surface area contributed by atoms with Gasteiger partial charge in [-0.25, -0.2) is 9.59 Å². The average Bonchev–Trinajstić information content (AvgIpc) is 2.76. The average molecular weight is 521 g/mol. The third-order valence-electron chi connectivity index (χ3n) is 4.48. The Morgan fingerprint density at radius 1 is 1.20 bits per heavy atom. The largest absolute Gasteiger partial charge is 0.508 e. The Bertz CT molecular complexity index is 1080. The summed E-state index contributed by atoms with van der Waals surface area (Å²) in [5.41, 5.74) is 5.93. The van der Waals surface area contributed by atoms with Gasteiger partial charge in [0, 0.05) is 6.92 Å². The fourth-order valence-corrected chi connectivity index (χ4v) is 4.17. The second kappa shape index (κ2) is 10.6. The molecule has 2 aliphatic heterocycles. The van der Waals surface area contributed by atoms with Crippen molar-refractivity contribution < 1.29 is 57.2 Å². The number of nitrogens with one attached hydrogen (secondary N) is 1. The van der Waals surface area contributed by atoms with Crippen molar-refractivity contribution in [2.75, 3.05) is 5.75 Å². The van der Waals surface area contributed by atoms with Crippen molar-refractivity contribution in [3.63, 3.8) is 0 Å². The summed E-state index contributed by atoms with van der Waals surface area (Å²) in [5, 5.41) is 27.7. The van der Waals surface area contributed by atoms with Crippen LogP contribution in [0.15, 0.2) is 35.7 Å². The Morgan fingerprint density at radius 2 is 1.74 bits per heavy atom. The number of carbonyl (C=O) groups is 5. The molecule has 2 heterocycles. The molecule has 1 aromatic carbocycles. The number of alkyl halides is 3. The zero-order valence-corrected chi connectivity index (χ0v) is 18.4. The number of aliphatic carboxylic acids is 2. The van der Waals surface area contributed by atoms with Crippen LogP contribution in [0.25, 0.3) is 0 Å². The van der Waals surface area contributed by atoms with Crippen LogP contribution in [0.1, 0.15) is 18.5 Å². The highest BCUT2D eigenvalue weighted by atomic mass is 32.2. The van der Waals surface area contributed by atoms with E-state index in [2.05, 4.69) is 5.32 Å². The zero-order valence-electron chi connectivity index (χ0n) is 17.6. The van der Waals surface area contributed by atoms with Gasteiger partial charge in [-0.1, -0.05) is 12.1 Å². The molecule has 3 rings (SSSR count). The Hall–Kier alpha value is -3.79. The molecule has 1 saturated heterocycles. The smallest absolute Gasteiger partial charge is 0.490 e. The molecule has 16 heteroatoms. The summed E-state index contributed by atoms with van der Waals surface area (Å²) in [6.45, 7) is 1.13. The number of nitrogens with two attached hydrogens (primary N) is 1. The second-order valence-corrected chi connectivity index (χ2v) is 8.04. The number of benzene rings is 1. The number of halogens is 3. The minimum Gasteiger partial charge on any atom is -0.508 e. The molecule has 2 unspecified atom stereocenters. The van der Waals surface area contributed by atoms with E-state index in [-0.39, 0.29) is 17.3 Å². The van der Waals surface area contributed by atoms with Crippen molar-refractivity contribution in [2.24, 2.45) is 5.73 Å². The topological polar surface area (TPSA) is 197 Å². The van der Waals surface area contributed by atoms with Crippen molar-refractivity contribution in [2.45, 2.75) is 30.6 Å². The third kappa shape index (κ3) is 6.42. The number of amides is 2. The highest BCUT2D eigenvalue weighted by Gasteiger charge is 2.55. The minimum absolute atomic E-state index is 0.0244. The standard InChI is InChI=1S/C17H17N3O7S.C2HF3O2/c1-7(21)27-10-6-28-16-12(15(24)20(16)13(10)17(25)26)19-14(23)11(18)8-2-4-9(22)5-3-8;3-2(4,5)1(6)7/h2-5,11-12,16,22H,6,18H2,1H3,(H,19,23)(H,25,26);(H,6,7)/t11?,12?,16-;/m1./s1. The maximum Gasteiger partial charge on any atom is 0.490 e. The molecular formula is C19H18F3N3O9S. The number of thioether (sulfide) groups is 1. The number of nitrogens with zero attached hydrogens (tertiary/aromatic N) is 1. The van der Waals surface area contributed by atoms with Gasteiger partial charge in [0.25, 0.3) is 5.91 Å². The van der Waals surface area contributed by atoms with Crippen LogP contribution in [0.3, 0.4) is 0 Å². The van der Waals surface area contributed by atoms with Gasteiger partial charge in [-0.3, -0.25) is 19.3 Å². The van der Waals surface area contributed by atoms with E-state index in [4.69, 9.17) is 20.4 Å². The third-order valence-corrected chi connectivity index (χ3v) is 5.73. The number of carboxylic acid groups (broad SMARTS) is 2. The Labute approximate surface area is 198 Å². The van der Waals surface area contributed by atoms with E-state index in [1.165, 1.54) is 36.0 Å². The van der Waals surface area contributed by atoms with E-state index in [1.807, 2.05) is 0 Å². The lowest BCUT2D eigenvalue weighted by atomic mass is 10.0. The van der Waals surface area contributed by atoms with E-state index in [0.717, 1.165) is 11.8 Å². The molecule has 0 radical (unpaired) electrons. The van der Waals surface area contributed by atoms with Gasteiger partial charge in [0.2, 0.25) is 5.91 Å². The monoisotopic (exact) mass is 521 g/mol. The lowest BCUT2D eigenvalue weighted by Gasteiger charge is -2.49. The van der Waals surface area contributed by atoms with Crippen LogP contribution < -0.4 is 11.1 Å². The van der Waals surface area contributed by atoms with E-state index >= 15 is 0 Å². The van der Waals surface area contributed by atoms with Crippen molar-refractivity contribution in [3.05, 3.63) is 41.3 Å². The van der Waals surface area contributed by atoms with E-state index < -0.39 is 59.1 Å². The summed E-state index contributed by atoms with van der Waals surface area (Å²) in [6.07, 6.45) is -5.08. The summed E-state index contributed by atoms with van der Waals surface area (Å²) in [6, 6.07) is 3.73. The molecule has 6 N–H and O–H groups in total. The van der Waals surface area contributed by atoms with Gasteiger partial charge >= 0.3 is 24.1 Å². The fourth-order valence-electron chi connectivity index (χ4n) is 2.92.